The van der Waals surface area contributed by atoms with Gasteiger partial charge in [0.1, 0.15) is 11.3 Å². The van der Waals surface area contributed by atoms with Crippen molar-refractivity contribution in [2.75, 3.05) is 50.8 Å². The second kappa shape index (κ2) is 9.64. The highest BCUT2D eigenvalue weighted by molar-refractivity contribution is 7.22. The first-order valence-electron chi connectivity index (χ1n) is 10.2. The van der Waals surface area contributed by atoms with E-state index >= 15 is 0 Å². The van der Waals surface area contributed by atoms with Gasteiger partial charge in [0.05, 0.1) is 11.3 Å². The molecular formula is C22H25ClN4O2S. The maximum absolute atomic E-state index is 12.2. The van der Waals surface area contributed by atoms with Crippen molar-refractivity contribution in [2.45, 2.75) is 6.92 Å². The van der Waals surface area contributed by atoms with E-state index in [-0.39, 0.29) is 5.91 Å². The summed E-state index contributed by atoms with van der Waals surface area (Å²) in [6.45, 7) is 7.84. The van der Waals surface area contributed by atoms with Gasteiger partial charge in [0.2, 0.25) is 0 Å². The van der Waals surface area contributed by atoms with Crippen molar-refractivity contribution in [1.82, 2.24) is 15.2 Å². The molecule has 3 aromatic rings. The minimum atomic E-state index is -0.0649. The van der Waals surface area contributed by atoms with Crippen LogP contribution in [0.3, 0.4) is 0 Å². The first-order valence-corrected chi connectivity index (χ1v) is 11.4. The smallest absolute Gasteiger partial charge is 0.251 e. The van der Waals surface area contributed by atoms with Crippen molar-refractivity contribution in [3.05, 3.63) is 53.1 Å². The molecule has 0 atom stereocenters. The third kappa shape index (κ3) is 4.86. The highest BCUT2D eigenvalue weighted by atomic mass is 35.5. The predicted octanol–water partition coefficient (Wildman–Crippen LogP) is 3.90. The number of carbonyl (C=O) groups excluding carboxylic acids is 1. The lowest BCUT2D eigenvalue weighted by molar-refractivity contribution is 0.0948. The van der Waals surface area contributed by atoms with Gasteiger partial charge in [0.25, 0.3) is 5.91 Å². The Bertz CT molecular complexity index is 1000. The molecule has 0 saturated carbocycles. The summed E-state index contributed by atoms with van der Waals surface area (Å²) in [4.78, 5) is 21.7. The van der Waals surface area contributed by atoms with Crippen LogP contribution in [0.1, 0.15) is 17.3 Å². The Morgan fingerprint density at radius 2 is 1.93 bits per heavy atom. The zero-order valence-corrected chi connectivity index (χ0v) is 18.5. The molecule has 1 saturated heterocycles. The lowest BCUT2D eigenvalue weighted by Gasteiger charge is -2.34. The fraction of sp³-hybridized carbons (Fsp3) is 0.364. The summed E-state index contributed by atoms with van der Waals surface area (Å²) in [6, 6.07) is 13.0. The fourth-order valence-corrected chi connectivity index (χ4v) is 4.67. The molecule has 0 bridgehead atoms. The molecule has 2 aromatic carbocycles. The average Bonchev–Trinajstić information content (AvgIpc) is 3.20. The van der Waals surface area contributed by atoms with Crippen LogP contribution in [0.2, 0.25) is 5.02 Å². The third-order valence-electron chi connectivity index (χ3n) is 5.13. The number of para-hydroxylation sites is 1. The van der Waals surface area contributed by atoms with Crippen molar-refractivity contribution in [3.63, 3.8) is 0 Å². The van der Waals surface area contributed by atoms with Gasteiger partial charge in [-0.2, -0.15) is 0 Å². The number of halogens is 1. The number of aromatic nitrogens is 1. The molecule has 0 unspecified atom stereocenters. The highest BCUT2D eigenvalue weighted by Gasteiger charge is 2.20. The first kappa shape index (κ1) is 20.9. The first-order chi connectivity index (χ1) is 14.6. The van der Waals surface area contributed by atoms with Gasteiger partial charge in [0.15, 0.2) is 5.13 Å². The Balaban J connectivity index is 1.27. The average molecular weight is 445 g/mol. The zero-order valence-electron chi connectivity index (χ0n) is 16.9. The molecule has 8 heteroatoms. The van der Waals surface area contributed by atoms with Crippen LogP contribution in [0, 0.1) is 0 Å². The van der Waals surface area contributed by atoms with Crippen molar-refractivity contribution < 1.29 is 9.53 Å². The van der Waals surface area contributed by atoms with Crippen LogP contribution in [0.25, 0.3) is 10.2 Å². The van der Waals surface area contributed by atoms with E-state index in [0.717, 1.165) is 53.8 Å². The molecule has 1 N–H and O–H groups in total. The molecule has 30 heavy (non-hydrogen) atoms. The van der Waals surface area contributed by atoms with Gasteiger partial charge in [-0.3, -0.25) is 9.69 Å². The largest absolute Gasteiger partial charge is 0.492 e. The number of amides is 1. The maximum atomic E-state index is 12.2. The van der Waals surface area contributed by atoms with Crippen molar-refractivity contribution in [3.8, 4) is 5.75 Å². The third-order valence-corrected chi connectivity index (χ3v) is 6.47. The molecular weight excluding hydrogens is 420 g/mol. The number of fused-ring (bicyclic) bond motifs is 1. The molecule has 0 radical (unpaired) electrons. The van der Waals surface area contributed by atoms with Gasteiger partial charge in [-0.15, -0.1) is 0 Å². The zero-order chi connectivity index (χ0) is 20.9. The summed E-state index contributed by atoms with van der Waals surface area (Å²) in [7, 11) is 0. The molecule has 4 rings (SSSR count). The van der Waals surface area contributed by atoms with E-state index in [4.69, 9.17) is 21.3 Å². The summed E-state index contributed by atoms with van der Waals surface area (Å²) in [5.41, 5.74) is 1.58. The molecule has 1 amide bonds. The number of carbonyl (C=O) groups is 1. The fourth-order valence-electron chi connectivity index (χ4n) is 3.51. The molecule has 6 nitrogen and oxygen atoms in total. The van der Waals surface area contributed by atoms with Gasteiger partial charge >= 0.3 is 0 Å². The van der Waals surface area contributed by atoms with Crippen LogP contribution in [-0.4, -0.2) is 61.7 Å². The molecule has 0 spiro atoms. The number of nitrogens with zero attached hydrogens (tertiary/aromatic N) is 3. The number of thiazole rings is 1. The number of hydrogen-bond donors (Lipinski definition) is 1. The van der Waals surface area contributed by atoms with Gasteiger partial charge in [0, 0.05) is 49.9 Å². The van der Waals surface area contributed by atoms with Crippen molar-refractivity contribution in [2.24, 2.45) is 0 Å². The summed E-state index contributed by atoms with van der Waals surface area (Å²) in [6.07, 6.45) is 0. The number of hydrogen-bond acceptors (Lipinski definition) is 6. The van der Waals surface area contributed by atoms with Gasteiger partial charge in [-0.25, -0.2) is 4.98 Å². The molecule has 1 aromatic heterocycles. The van der Waals surface area contributed by atoms with Crippen LogP contribution >= 0.6 is 22.9 Å². The van der Waals surface area contributed by atoms with Crippen LogP contribution < -0.4 is 15.0 Å². The van der Waals surface area contributed by atoms with Gasteiger partial charge < -0.3 is 15.0 Å². The van der Waals surface area contributed by atoms with Crippen molar-refractivity contribution in [1.29, 1.82) is 0 Å². The normalized spacial score (nSPS) is 14.8. The van der Waals surface area contributed by atoms with Crippen LogP contribution in [0.15, 0.2) is 42.5 Å². The molecule has 1 fully saturated rings. The highest BCUT2D eigenvalue weighted by Crippen LogP contribution is 2.34. The number of nitrogens with one attached hydrogen (secondary N) is 1. The Labute approximate surface area is 185 Å². The standard InChI is InChI=1S/C22H25ClN4O2S/c1-2-29-18-4-3-5-19-20(18)25-22(30-19)27-14-12-26(13-15-27)11-10-24-21(28)16-6-8-17(23)9-7-16/h3-9H,2,10-15H2,1H3,(H,24,28). The minimum absolute atomic E-state index is 0.0649. The van der Waals surface area contributed by atoms with E-state index in [9.17, 15) is 4.79 Å². The minimum Gasteiger partial charge on any atom is -0.492 e. The van der Waals surface area contributed by atoms with E-state index in [0.29, 0.717) is 23.7 Å². The number of rotatable bonds is 7. The predicted molar refractivity (Wildman–Crippen MR) is 123 cm³/mol. The van der Waals surface area contributed by atoms with Crippen molar-refractivity contribution >= 4 is 44.2 Å². The Kier molecular flexibility index (Phi) is 6.72. The molecule has 2 heterocycles. The van der Waals surface area contributed by atoms with E-state index in [1.54, 1.807) is 35.6 Å². The maximum Gasteiger partial charge on any atom is 0.251 e. The van der Waals surface area contributed by atoms with Crippen LogP contribution in [0.4, 0.5) is 5.13 Å². The number of piperazine rings is 1. The van der Waals surface area contributed by atoms with E-state index in [2.05, 4.69) is 21.2 Å². The second-order valence-corrected chi connectivity index (χ2v) is 8.57. The summed E-state index contributed by atoms with van der Waals surface area (Å²) in [5.74, 6) is 0.789. The second-order valence-electron chi connectivity index (χ2n) is 7.12. The Hall–Kier alpha value is -2.35. The summed E-state index contributed by atoms with van der Waals surface area (Å²) >= 11 is 7.59. The lowest BCUT2D eigenvalue weighted by Crippen LogP contribution is -2.48. The summed E-state index contributed by atoms with van der Waals surface area (Å²) in [5, 5.41) is 4.66. The monoisotopic (exact) mass is 444 g/mol. The Morgan fingerprint density at radius 1 is 1.17 bits per heavy atom. The number of ether oxygens (including phenoxy) is 1. The van der Waals surface area contributed by atoms with Gasteiger partial charge in [-0.1, -0.05) is 29.0 Å². The molecule has 1 aliphatic rings. The Morgan fingerprint density at radius 3 is 2.67 bits per heavy atom. The van der Waals surface area contributed by atoms with Gasteiger partial charge in [-0.05, 0) is 43.3 Å². The van der Waals surface area contributed by atoms with E-state index < -0.39 is 0 Å². The lowest BCUT2D eigenvalue weighted by atomic mass is 10.2. The quantitative estimate of drug-likeness (QED) is 0.599. The topological polar surface area (TPSA) is 57.7 Å². The van der Waals surface area contributed by atoms with E-state index in [1.807, 2.05) is 19.1 Å². The number of benzene rings is 2. The SMILES string of the molecule is CCOc1cccc2sc(N3CCN(CCNC(=O)c4ccc(Cl)cc4)CC3)nc12. The molecule has 1 aliphatic heterocycles. The van der Waals surface area contributed by atoms with Crippen LogP contribution in [0.5, 0.6) is 5.75 Å². The van der Waals surface area contributed by atoms with E-state index in [1.165, 1.54) is 0 Å². The summed E-state index contributed by atoms with van der Waals surface area (Å²) < 4.78 is 6.87. The van der Waals surface area contributed by atoms with Crippen LogP contribution in [-0.2, 0) is 0 Å². The number of anilines is 1. The molecule has 0 aliphatic carbocycles. The molecule has 158 valence electrons.